The second-order valence-electron chi connectivity index (χ2n) is 5.73. The first-order chi connectivity index (χ1) is 10.2. The highest BCUT2D eigenvalue weighted by Gasteiger charge is 2.26. The number of nitrogens with one attached hydrogen (secondary N) is 1. The minimum absolute atomic E-state index is 0. The van der Waals surface area contributed by atoms with Crippen molar-refractivity contribution in [1.29, 1.82) is 0 Å². The summed E-state index contributed by atoms with van der Waals surface area (Å²) >= 11 is 0. The molecule has 1 aliphatic heterocycles. The lowest BCUT2D eigenvalue weighted by Gasteiger charge is -2.22. The number of hydrogen-bond donors (Lipinski definition) is 1. The molecule has 0 radical (unpaired) electrons. The molecule has 1 N–H and O–H groups in total. The quantitative estimate of drug-likeness (QED) is 0.454. The fraction of sp³-hybridized carbons (Fsp3) is 0.625. The Morgan fingerprint density at radius 1 is 1.50 bits per heavy atom. The van der Waals surface area contributed by atoms with Gasteiger partial charge >= 0.3 is 0 Å². The third kappa shape index (κ3) is 5.98. The summed E-state index contributed by atoms with van der Waals surface area (Å²) in [6.07, 6.45) is 2.95. The van der Waals surface area contributed by atoms with Gasteiger partial charge in [0.25, 0.3) is 0 Å². The molecule has 1 unspecified atom stereocenters. The van der Waals surface area contributed by atoms with Crippen LogP contribution in [0.15, 0.2) is 29.4 Å². The van der Waals surface area contributed by atoms with E-state index in [-0.39, 0.29) is 30.1 Å². The van der Waals surface area contributed by atoms with Gasteiger partial charge in [-0.15, -0.1) is 24.0 Å². The average Bonchev–Trinajstić information content (AvgIpc) is 2.92. The first-order valence-electron chi connectivity index (χ1n) is 7.80. The molecule has 0 saturated carbocycles. The van der Waals surface area contributed by atoms with E-state index in [1.807, 2.05) is 18.2 Å². The van der Waals surface area contributed by atoms with Gasteiger partial charge < -0.3 is 15.0 Å². The van der Waals surface area contributed by atoms with E-state index >= 15 is 0 Å². The van der Waals surface area contributed by atoms with E-state index in [1.54, 1.807) is 6.20 Å². The van der Waals surface area contributed by atoms with Crippen LogP contribution in [-0.2, 0) is 0 Å². The second-order valence-corrected chi connectivity index (χ2v) is 5.73. The molecule has 124 valence electrons. The number of rotatable bonds is 5. The number of pyridine rings is 1. The number of nitrogens with zero attached hydrogens (tertiary/aromatic N) is 3. The van der Waals surface area contributed by atoms with E-state index in [0.29, 0.717) is 11.8 Å². The van der Waals surface area contributed by atoms with Gasteiger partial charge in [-0.2, -0.15) is 0 Å². The van der Waals surface area contributed by atoms with Crippen LogP contribution in [0.4, 0.5) is 0 Å². The fourth-order valence-corrected chi connectivity index (χ4v) is 2.30. The molecule has 1 fully saturated rings. The highest BCUT2D eigenvalue weighted by Crippen LogP contribution is 2.16. The Morgan fingerprint density at radius 3 is 2.95 bits per heavy atom. The minimum atomic E-state index is 0. The summed E-state index contributed by atoms with van der Waals surface area (Å²) < 4.78 is 5.92. The molecule has 0 amide bonds. The lowest BCUT2D eigenvalue weighted by molar-refractivity contribution is 0.205. The van der Waals surface area contributed by atoms with Crippen molar-refractivity contribution in [3.63, 3.8) is 0 Å². The topological polar surface area (TPSA) is 49.8 Å². The maximum absolute atomic E-state index is 5.92. The molecule has 1 saturated heterocycles. The third-order valence-corrected chi connectivity index (χ3v) is 3.31. The van der Waals surface area contributed by atoms with E-state index in [4.69, 9.17) is 9.73 Å². The maximum atomic E-state index is 5.92. The van der Waals surface area contributed by atoms with Crippen molar-refractivity contribution >= 4 is 29.9 Å². The van der Waals surface area contributed by atoms with Crippen molar-refractivity contribution in [3.05, 3.63) is 24.4 Å². The Labute approximate surface area is 150 Å². The average molecular weight is 418 g/mol. The van der Waals surface area contributed by atoms with E-state index in [0.717, 1.165) is 38.6 Å². The lowest BCUT2D eigenvalue weighted by atomic mass is 10.2. The van der Waals surface area contributed by atoms with Gasteiger partial charge in [-0.25, -0.2) is 4.98 Å². The van der Waals surface area contributed by atoms with Crippen LogP contribution < -0.4 is 10.1 Å². The minimum Gasteiger partial charge on any atom is -0.472 e. The SMILES string of the molecule is CCNC(=NCC(C)C)N1CCC(Oc2ccccn2)C1.I. The number of halogens is 1. The molecule has 2 heterocycles. The van der Waals surface area contributed by atoms with E-state index < -0.39 is 0 Å². The molecule has 6 heteroatoms. The van der Waals surface area contributed by atoms with Crippen molar-refractivity contribution in [3.8, 4) is 5.88 Å². The van der Waals surface area contributed by atoms with Crippen molar-refractivity contribution in [2.75, 3.05) is 26.2 Å². The summed E-state index contributed by atoms with van der Waals surface area (Å²) in [5.74, 6) is 2.27. The zero-order chi connectivity index (χ0) is 15.1. The van der Waals surface area contributed by atoms with Gasteiger partial charge in [0.2, 0.25) is 5.88 Å². The molecular weight excluding hydrogens is 391 g/mol. The van der Waals surface area contributed by atoms with Crippen LogP contribution in [0.3, 0.4) is 0 Å². The maximum Gasteiger partial charge on any atom is 0.213 e. The number of aromatic nitrogens is 1. The lowest BCUT2D eigenvalue weighted by Crippen LogP contribution is -2.41. The summed E-state index contributed by atoms with van der Waals surface area (Å²) in [5, 5.41) is 3.37. The normalized spacial score (nSPS) is 18.3. The van der Waals surface area contributed by atoms with Crippen LogP contribution in [0.25, 0.3) is 0 Å². The molecular formula is C16H27IN4O. The van der Waals surface area contributed by atoms with Crippen molar-refractivity contribution < 1.29 is 4.74 Å². The molecule has 1 aromatic rings. The summed E-state index contributed by atoms with van der Waals surface area (Å²) in [4.78, 5) is 11.2. The summed E-state index contributed by atoms with van der Waals surface area (Å²) in [6.45, 7) is 10.0. The molecule has 5 nitrogen and oxygen atoms in total. The number of aliphatic imine (C=N–C) groups is 1. The van der Waals surface area contributed by atoms with E-state index in [2.05, 4.69) is 36.0 Å². The molecule has 0 bridgehead atoms. The fourth-order valence-electron chi connectivity index (χ4n) is 2.30. The first-order valence-corrected chi connectivity index (χ1v) is 7.80. The van der Waals surface area contributed by atoms with E-state index in [1.165, 1.54) is 0 Å². The number of guanidine groups is 1. The van der Waals surface area contributed by atoms with Gasteiger partial charge in [0.05, 0.1) is 6.54 Å². The highest BCUT2D eigenvalue weighted by molar-refractivity contribution is 14.0. The predicted molar refractivity (Wildman–Crippen MR) is 101 cm³/mol. The molecule has 0 aliphatic carbocycles. The number of likely N-dealkylation sites (tertiary alicyclic amines) is 1. The largest absolute Gasteiger partial charge is 0.472 e. The molecule has 2 rings (SSSR count). The summed E-state index contributed by atoms with van der Waals surface area (Å²) in [6, 6.07) is 5.75. The molecule has 1 aliphatic rings. The van der Waals surface area contributed by atoms with Gasteiger partial charge in [0.15, 0.2) is 5.96 Å². The number of hydrogen-bond acceptors (Lipinski definition) is 3. The van der Waals surface area contributed by atoms with E-state index in [9.17, 15) is 0 Å². The Kier molecular flexibility index (Phi) is 8.52. The number of ether oxygens (including phenoxy) is 1. The monoisotopic (exact) mass is 418 g/mol. The molecule has 22 heavy (non-hydrogen) atoms. The van der Waals surface area contributed by atoms with Crippen molar-refractivity contribution in [2.24, 2.45) is 10.9 Å². The highest BCUT2D eigenvalue weighted by atomic mass is 127. The van der Waals surface area contributed by atoms with Crippen LogP contribution in [0.2, 0.25) is 0 Å². The zero-order valence-corrected chi connectivity index (χ0v) is 16.0. The van der Waals surface area contributed by atoms with Gasteiger partial charge in [-0.3, -0.25) is 4.99 Å². The van der Waals surface area contributed by atoms with Crippen LogP contribution >= 0.6 is 24.0 Å². The molecule has 0 spiro atoms. The summed E-state index contributed by atoms with van der Waals surface area (Å²) in [7, 11) is 0. The zero-order valence-electron chi connectivity index (χ0n) is 13.7. The Hall–Kier alpha value is -1.05. The molecule has 1 aromatic heterocycles. The first kappa shape index (κ1) is 19.0. The Morgan fingerprint density at radius 2 is 2.32 bits per heavy atom. The molecule has 0 aromatic carbocycles. The van der Waals surface area contributed by atoms with Crippen LogP contribution in [0, 0.1) is 5.92 Å². The molecule has 1 atom stereocenters. The Balaban J connectivity index is 0.00000242. The summed E-state index contributed by atoms with van der Waals surface area (Å²) in [5.41, 5.74) is 0. The van der Waals surface area contributed by atoms with Gasteiger partial charge in [-0.1, -0.05) is 19.9 Å². The van der Waals surface area contributed by atoms with Crippen LogP contribution in [-0.4, -0.2) is 48.1 Å². The van der Waals surface area contributed by atoms with Gasteiger partial charge in [0.1, 0.15) is 6.10 Å². The Bertz CT molecular complexity index is 453. The van der Waals surface area contributed by atoms with Gasteiger partial charge in [0, 0.05) is 38.3 Å². The third-order valence-electron chi connectivity index (χ3n) is 3.31. The van der Waals surface area contributed by atoms with Crippen molar-refractivity contribution in [2.45, 2.75) is 33.3 Å². The standard InChI is InChI=1S/C16H26N4O.HI/c1-4-17-16(19-11-13(2)3)20-10-8-14(12-20)21-15-7-5-6-9-18-15;/h5-7,9,13-14H,4,8,10-12H2,1-3H3,(H,17,19);1H. The smallest absolute Gasteiger partial charge is 0.213 e. The predicted octanol–water partition coefficient (Wildman–Crippen LogP) is 2.77. The second kappa shape index (κ2) is 9.86. The van der Waals surface area contributed by atoms with Crippen LogP contribution in [0.1, 0.15) is 27.2 Å². The van der Waals surface area contributed by atoms with Gasteiger partial charge in [-0.05, 0) is 18.9 Å². The van der Waals surface area contributed by atoms with Crippen LogP contribution in [0.5, 0.6) is 5.88 Å². The van der Waals surface area contributed by atoms with Crippen molar-refractivity contribution in [1.82, 2.24) is 15.2 Å².